The minimum atomic E-state index is -3.91. The zero-order valence-corrected chi connectivity index (χ0v) is 19.7. The molecule has 0 unspecified atom stereocenters. The quantitative estimate of drug-likeness (QED) is 0.380. The smallest absolute Gasteiger partial charge is 0.307 e. The Morgan fingerprint density at radius 1 is 0.879 bits per heavy atom. The van der Waals surface area contributed by atoms with Gasteiger partial charge in [-0.2, -0.15) is 0 Å². The van der Waals surface area contributed by atoms with Crippen LogP contribution in [0.3, 0.4) is 0 Å². The number of carboxylic acids is 1. The van der Waals surface area contributed by atoms with Crippen LogP contribution >= 0.6 is 23.2 Å². The predicted octanol–water partition coefficient (Wildman–Crippen LogP) is 6.03. The molecular formula is C24H20Cl2O6S. The lowest BCUT2D eigenvalue weighted by Gasteiger charge is -2.12. The molecule has 6 nitrogen and oxygen atoms in total. The van der Waals surface area contributed by atoms with Crippen molar-refractivity contribution in [3.05, 3.63) is 76.3 Å². The van der Waals surface area contributed by atoms with Crippen molar-refractivity contribution in [2.75, 3.05) is 6.61 Å². The monoisotopic (exact) mass is 506 g/mol. The SMILES string of the molecule is O=C(O)Cc1cc(OCC2CC2)cc(S(=O)(=O)c2ccc(Oc3ccc(Cl)c(Cl)c3)cc2)c1. The number of rotatable bonds is 9. The van der Waals surface area contributed by atoms with Crippen molar-refractivity contribution in [2.45, 2.75) is 29.1 Å². The van der Waals surface area contributed by atoms with Crippen molar-refractivity contribution in [2.24, 2.45) is 5.92 Å². The van der Waals surface area contributed by atoms with Gasteiger partial charge in [0, 0.05) is 6.07 Å². The predicted molar refractivity (Wildman–Crippen MR) is 124 cm³/mol. The van der Waals surface area contributed by atoms with Gasteiger partial charge in [0.05, 0.1) is 32.9 Å². The van der Waals surface area contributed by atoms with E-state index < -0.39 is 15.8 Å². The second-order valence-corrected chi connectivity index (χ2v) is 10.6. The minimum absolute atomic E-state index is 0.0230. The van der Waals surface area contributed by atoms with Crippen LogP contribution in [0.2, 0.25) is 10.0 Å². The summed E-state index contributed by atoms with van der Waals surface area (Å²) < 4.78 is 37.9. The second-order valence-electron chi connectivity index (χ2n) is 7.79. The Kier molecular flexibility index (Phi) is 6.83. The normalized spacial score (nSPS) is 13.5. The number of benzene rings is 3. The van der Waals surface area contributed by atoms with Crippen molar-refractivity contribution in [3.8, 4) is 17.2 Å². The maximum absolute atomic E-state index is 13.3. The molecule has 0 saturated heterocycles. The topological polar surface area (TPSA) is 89.9 Å². The first-order valence-electron chi connectivity index (χ1n) is 10.2. The molecule has 3 aromatic rings. The Morgan fingerprint density at radius 3 is 2.21 bits per heavy atom. The maximum Gasteiger partial charge on any atom is 0.307 e. The summed E-state index contributed by atoms with van der Waals surface area (Å²) in [5, 5.41) is 9.90. The van der Waals surface area contributed by atoms with E-state index in [2.05, 4.69) is 0 Å². The molecule has 1 fully saturated rings. The Labute approximate surface area is 201 Å². The molecule has 0 bridgehead atoms. The second kappa shape index (κ2) is 9.63. The van der Waals surface area contributed by atoms with Crippen molar-refractivity contribution in [1.29, 1.82) is 0 Å². The van der Waals surface area contributed by atoms with Gasteiger partial charge >= 0.3 is 5.97 Å². The molecule has 0 amide bonds. The van der Waals surface area contributed by atoms with Crippen LogP contribution in [0.1, 0.15) is 18.4 Å². The molecule has 1 N–H and O–H groups in total. The van der Waals surface area contributed by atoms with Gasteiger partial charge in [-0.05, 0) is 78.9 Å². The van der Waals surface area contributed by atoms with E-state index >= 15 is 0 Å². The van der Waals surface area contributed by atoms with Crippen molar-refractivity contribution in [3.63, 3.8) is 0 Å². The largest absolute Gasteiger partial charge is 0.493 e. The molecule has 1 aliphatic carbocycles. The number of hydrogen-bond donors (Lipinski definition) is 1. The van der Waals surface area contributed by atoms with Crippen LogP contribution in [-0.2, 0) is 21.1 Å². The summed E-state index contributed by atoms with van der Waals surface area (Å²) in [7, 11) is -3.91. The lowest BCUT2D eigenvalue weighted by Crippen LogP contribution is -2.07. The van der Waals surface area contributed by atoms with Gasteiger partial charge in [-0.25, -0.2) is 8.42 Å². The Balaban J connectivity index is 1.58. The molecule has 9 heteroatoms. The zero-order chi connectivity index (χ0) is 23.6. The average molecular weight is 507 g/mol. The van der Waals surface area contributed by atoms with Crippen LogP contribution in [-0.4, -0.2) is 26.1 Å². The van der Waals surface area contributed by atoms with E-state index in [0.717, 1.165) is 12.8 Å². The fourth-order valence-corrected chi connectivity index (χ4v) is 4.78. The Hall–Kier alpha value is -2.74. The molecular weight excluding hydrogens is 487 g/mol. The summed E-state index contributed by atoms with van der Waals surface area (Å²) >= 11 is 11.9. The molecule has 0 atom stereocenters. The first kappa shape index (κ1) is 23.4. The first-order valence-corrected chi connectivity index (χ1v) is 12.4. The van der Waals surface area contributed by atoms with Gasteiger partial charge in [-0.15, -0.1) is 0 Å². The maximum atomic E-state index is 13.3. The number of aliphatic carboxylic acids is 1. The van der Waals surface area contributed by atoms with Crippen LogP contribution in [0.25, 0.3) is 0 Å². The average Bonchev–Trinajstić information content (AvgIpc) is 3.59. The number of sulfone groups is 1. The summed E-state index contributed by atoms with van der Waals surface area (Å²) in [6.45, 7) is 0.483. The molecule has 0 spiro atoms. The van der Waals surface area contributed by atoms with Crippen LogP contribution in [0, 0.1) is 5.92 Å². The van der Waals surface area contributed by atoms with E-state index in [-0.39, 0.29) is 16.2 Å². The first-order chi connectivity index (χ1) is 15.7. The molecule has 0 radical (unpaired) electrons. The molecule has 3 aromatic carbocycles. The number of ether oxygens (including phenoxy) is 2. The van der Waals surface area contributed by atoms with Crippen LogP contribution in [0.4, 0.5) is 0 Å². The molecule has 0 aromatic heterocycles. The highest BCUT2D eigenvalue weighted by molar-refractivity contribution is 7.91. The van der Waals surface area contributed by atoms with Gasteiger partial charge in [0.25, 0.3) is 0 Å². The van der Waals surface area contributed by atoms with Crippen LogP contribution in [0.5, 0.6) is 17.2 Å². The Bertz CT molecular complexity index is 1280. The van der Waals surface area contributed by atoms with Crippen LogP contribution in [0.15, 0.2) is 70.5 Å². The standard InChI is InChI=1S/C24H20Cl2O6S/c25-22-8-5-18(13-23(22)26)32-17-3-6-20(7-4-17)33(29,30)21-10-16(11-24(27)28)9-19(12-21)31-14-15-1-2-15/h3-10,12-13,15H,1-2,11,14H2,(H,27,28). The van der Waals surface area contributed by atoms with Gasteiger partial charge in [0.2, 0.25) is 9.84 Å². The van der Waals surface area contributed by atoms with Crippen LogP contribution < -0.4 is 9.47 Å². The van der Waals surface area contributed by atoms with Crippen molar-refractivity contribution < 1.29 is 27.8 Å². The van der Waals surface area contributed by atoms with E-state index in [1.54, 1.807) is 24.3 Å². The highest BCUT2D eigenvalue weighted by atomic mass is 35.5. The van der Waals surface area contributed by atoms with E-state index in [9.17, 15) is 13.2 Å². The van der Waals surface area contributed by atoms with Crippen molar-refractivity contribution >= 4 is 39.0 Å². The fourth-order valence-electron chi connectivity index (χ4n) is 3.14. The summed E-state index contributed by atoms with van der Waals surface area (Å²) in [4.78, 5) is 11.2. The third kappa shape index (κ3) is 5.99. The van der Waals surface area contributed by atoms with Gasteiger partial charge in [0.15, 0.2) is 0 Å². The third-order valence-corrected chi connectivity index (χ3v) is 7.54. The third-order valence-electron chi connectivity index (χ3n) is 5.05. The molecule has 1 saturated carbocycles. The lowest BCUT2D eigenvalue weighted by molar-refractivity contribution is -0.136. The molecule has 172 valence electrons. The lowest BCUT2D eigenvalue weighted by atomic mass is 10.1. The summed E-state index contributed by atoms with van der Waals surface area (Å²) in [6, 6.07) is 15.1. The summed E-state index contributed by atoms with van der Waals surface area (Å²) in [6.07, 6.45) is 1.85. The molecule has 1 aliphatic rings. The number of hydrogen-bond acceptors (Lipinski definition) is 5. The molecule has 33 heavy (non-hydrogen) atoms. The number of carbonyl (C=O) groups is 1. The molecule has 0 aliphatic heterocycles. The van der Waals surface area contributed by atoms with Gasteiger partial charge < -0.3 is 14.6 Å². The molecule has 4 rings (SSSR count). The highest BCUT2D eigenvalue weighted by Crippen LogP contribution is 2.33. The minimum Gasteiger partial charge on any atom is -0.493 e. The van der Waals surface area contributed by atoms with E-state index in [0.29, 0.717) is 45.4 Å². The van der Waals surface area contributed by atoms with E-state index in [4.69, 9.17) is 37.8 Å². The fraction of sp³-hybridized carbons (Fsp3) is 0.208. The zero-order valence-electron chi connectivity index (χ0n) is 17.3. The van der Waals surface area contributed by atoms with Crippen molar-refractivity contribution in [1.82, 2.24) is 0 Å². The van der Waals surface area contributed by atoms with E-state index in [1.165, 1.54) is 36.4 Å². The number of carboxylic acid groups (broad SMARTS) is 1. The van der Waals surface area contributed by atoms with E-state index in [1.807, 2.05) is 0 Å². The van der Waals surface area contributed by atoms with Gasteiger partial charge in [-0.1, -0.05) is 23.2 Å². The number of halogens is 2. The van der Waals surface area contributed by atoms with Gasteiger partial charge in [0.1, 0.15) is 17.2 Å². The highest BCUT2D eigenvalue weighted by Gasteiger charge is 2.24. The Morgan fingerprint density at radius 2 is 1.58 bits per heavy atom. The summed E-state index contributed by atoms with van der Waals surface area (Å²) in [5.41, 5.74) is 0.356. The van der Waals surface area contributed by atoms with Gasteiger partial charge in [-0.3, -0.25) is 4.79 Å². The summed E-state index contributed by atoms with van der Waals surface area (Å²) in [5.74, 6) is 0.635. The molecule has 0 heterocycles.